The molecule has 0 bridgehead atoms. The molecule has 4 nitrogen and oxygen atoms in total. The maximum atomic E-state index is 13.0. The molecule has 1 unspecified atom stereocenters. The van der Waals surface area contributed by atoms with Crippen LogP contribution in [0.3, 0.4) is 0 Å². The maximum absolute atomic E-state index is 13.0. The van der Waals surface area contributed by atoms with Gasteiger partial charge >= 0.3 is 5.97 Å². The number of hydrogen-bond donors (Lipinski definition) is 0. The Morgan fingerprint density at radius 1 is 1.04 bits per heavy atom. The Morgan fingerprint density at radius 3 is 2.32 bits per heavy atom. The Kier molecular flexibility index (Phi) is 8.56. The topological polar surface area (TPSA) is 39.4 Å². The Bertz CT molecular complexity index is 730. The molecule has 3 rings (SSSR count). The zero-order valence-electron chi connectivity index (χ0n) is 17.2. The van der Waals surface area contributed by atoms with Gasteiger partial charge in [-0.3, -0.25) is 4.79 Å². The fourth-order valence-electron chi connectivity index (χ4n) is 4.01. The molecular weight excluding hydrogens is 465 g/mol. The van der Waals surface area contributed by atoms with Gasteiger partial charge in [0.15, 0.2) is 5.76 Å². The number of furan rings is 1. The van der Waals surface area contributed by atoms with Crippen LogP contribution < -0.4 is 24.0 Å². The van der Waals surface area contributed by atoms with Crippen LogP contribution in [-0.4, -0.2) is 31.6 Å². The summed E-state index contributed by atoms with van der Waals surface area (Å²) in [5, 5.41) is 0. The van der Waals surface area contributed by atoms with Gasteiger partial charge in [-0.1, -0.05) is 49.6 Å². The smallest absolute Gasteiger partial charge is 0.314 e. The SMILES string of the molecule is C[N+](C)(C)Cc1ccc(COC(=O)C(c2ccccc2)C2CCCCC2)o1.[I-]. The number of halogens is 1. The van der Waals surface area contributed by atoms with E-state index in [1.165, 1.54) is 19.3 Å². The lowest BCUT2D eigenvalue weighted by molar-refractivity contribution is -0.884. The van der Waals surface area contributed by atoms with Crippen LogP contribution in [0.25, 0.3) is 0 Å². The van der Waals surface area contributed by atoms with Crippen molar-refractivity contribution in [1.82, 2.24) is 0 Å². The van der Waals surface area contributed by atoms with Gasteiger partial charge in [0, 0.05) is 0 Å². The van der Waals surface area contributed by atoms with Crippen molar-refractivity contribution in [3.63, 3.8) is 0 Å². The first-order valence-electron chi connectivity index (χ1n) is 10.0. The summed E-state index contributed by atoms with van der Waals surface area (Å²) in [5.41, 5.74) is 1.07. The lowest BCUT2D eigenvalue weighted by Gasteiger charge is -2.29. The summed E-state index contributed by atoms with van der Waals surface area (Å²) in [5.74, 6) is 1.70. The molecule has 0 N–H and O–H groups in total. The molecule has 1 heterocycles. The van der Waals surface area contributed by atoms with Crippen molar-refractivity contribution >= 4 is 5.97 Å². The van der Waals surface area contributed by atoms with Crippen molar-refractivity contribution in [3.8, 4) is 0 Å². The molecule has 0 radical (unpaired) electrons. The molecule has 2 aromatic rings. The van der Waals surface area contributed by atoms with Crippen molar-refractivity contribution in [2.24, 2.45) is 5.92 Å². The van der Waals surface area contributed by atoms with E-state index in [0.29, 0.717) is 11.7 Å². The van der Waals surface area contributed by atoms with Crippen LogP contribution in [0.15, 0.2) is 46.9 Å². The summed E-state index contributed by atoms with van der Waals surface area (Å²) < 4.78 is 12.3. The van der Waals surface area contributed by atoms with Crippen LogP contribution >= 0.6 is 0 Å². The maximum Gasteiger partial charge on any atom is 0.314 e. The van der Waals surface area contributed by atoms with E-state index in [-0.39, 0.29) is 42.5 Å². The zero-order valence-corrected chi connectivity index (χ0v) is 19.4. The van der Waals surface area contributed by atoms with Gasteiger partial charge in [0.05, 0.1) is 27.1 Å². The summed E-state index contributed by atoms with van der Waals surface area (Å²) in [6, 6.07) is 14.0. The molecule has 154 valence electrons. The predicted molar refractivity (Wildman–Crippen MR) is 106 cm³/mol. The molecule has 1 aliphatic rings. The molecule has 0 aliphatic heterocycles. The Morgan fingerprint density at radius 2 is 1.68 bits per heavy atom. The van der Waals surface area contributed by atoms with Crippen molar-refractivity contribution in [3.05, 3.63) is 59.5 Å². The number of carbonyl (C=O) groups excluding carboxylic acids is 1. The molecule has 1 atom stereocenters. The number of rotatable bonds is 7. The zero-order chi connectivity index (χ0) is 19.3. The second-order valence-corrected chi connectivity index (χ2v) is 8.71. The Labute approximate surface area is 185 Å². The highest BCUT2D eigenvalue weighted by Crippen LogP contribution is 2.37. The summed E-state index contributed by atoms with van der Waals surface area (Å²) in [6.45, 7) is 1.01. The summed E-state index contributed by atoms with van der Waals surface area (Å²) in [4.78, 5) is 13.0. The highest BCUT2D eigenvalue weighted by molar-refractivity contribution is 5.78. The first kappa shape index (κ1) is 22.9. The monoisotopic (exact) mass is 497 g/mol. The molecular formula is C23H32INO3. The molecule has 1 aromatic heterocycles. The first-order chi connectivity index (χ1) is 12.9. The Balaban J connectivity index is 0.00000280. The van der Waals surface area contributed by atoms with Crippen LogP contribution in [0.5, 0.6) is 0 Å². The first-order valence-corrected chi connectivity index (χ1v) is 10.0. The van der Waals surface area contributed by atoms with E-state index in [4.69, 9.17) is 9.15 Å². The van der Waals surface area contributed by atoms with E-state index in [1.807, 2.05) is 42.5 Å². The third-order valence-electron chi connectivity index (χ3n) is 5.24. The van der Waals surface area contributed by atoms with Gasteiger partial charge < -0.3 is 37.6 Å². The van der Waals surface area contributed by atoms with Gasteiger partial charge in [0.25, 0.3) is 0 Å². The minimum Gasteiger partial charge on any atom is -1.00 e. The minimum atomic E-state index is -0.174. The molecule has 1 fully saturated rings. The predicted octanol–water partition coefficient (Wildman–Crippen LogP) is 1.90. The molecule has 1 aliphatic carbocycles. The molecule has 28 heavy (non-hydrogen) atoms. The number of esters is 1. The molecule has 0 spiro atoms. The fourth-order valence-corrected chi connectivity index (χ4v) is 4.01. The van der Waals surface area contributed by atoms with Gasteiger partial charge in [0.1, 0.15) is 18.9 Å². The third-order valence-corrected chi connectivity index (χ3v) is 5.24. The lowest BCUT2D eigenvalue weighted by atomic mass is 9.77. The van der Waals surface area contributed by atoms with Crippen molar-refractivity contribution < 1.29 is 42.4 Å². The van der Waals surface area contributed by atoms with Gasteiger partial charge in [-0.05, 0) is 36.5 Å². The normalized spacial score (nSPS) is 16.2. The molecule has 5 heteroatoms. The quantitative estimate of drug-likeness (QED) is 0.334. The number of ether oxygens (including phenoxy) is 1. The highest BCUT2D eigenvalue weighted by Gasteiger charge is 2.32. The van der Waals surface area contributed by atoms with Crippen LogP contribution in [0, 0.1) is 5.92 Å². The van der Waals surface area contributed by atoms with Crippen molar-refractivity contribution in [1.29, 1.82) is 0 Å². The fraction of sp³-hybridized carbons (Fsp3) is 0.522. The second-order valence-electron chi connectivity index (χ2n) is 8.71. The van der Waals surface area contributed by atoms with Crippen LogP contribution in [-0.2, 0) is 22.7 Å². The molecule has 0 saturated heterocycles. The minimum absolute atomic E-state index is 0. The number of quaternary nitrogens is 1. The standard InChI is InChI=1S/C23H32NO3.HI/c1-24(2,3)16-20-14-15-21(27-20)17-26-23(25)22(18-10-6-4-7-11-18)19-12-8-5-9-13-19;/h4,6-7,10-11,14-15,19,22H,5,8-9,12-13,16-17H2,1-3H3;1H/q+1;/p-1. The van der Waals surface area contributed by atoms with Crippen LogP contribution in [0.4, 0.5) is 0 Å². The van der Waals surface area contributed by atoms with E-state index in [0.717, 1.165) is 35.2 Å². The van der Waals surface area contributed by atoms with E-state index >= 15 is 0 Å². The van der Waals surface area contributed by atoms with Gasteiger partial charge in [-0.15, -0.1) is 0 Å². The highest BCUT2D eigenvalue weighted by atomic mass is 127. The van der Waals surface area contributed by atoms with Gasteiger partial charge in [-0.2, -0.15) is 0 Å². The molecule has 0 amide bonds. The number of carbonyl (C=O) groups is 1. The van der Waals surface area contributed by atoms with Gasteiger partial charge in [0.2, 0.25) is 0 Å². The summed E-state index contributed by atoms with van der Waals surface area (Å²) in [6.07, 6.45) is 5.88. The van der Waals surface area contributed by atoms with E-state index in [1.54, 1.807) is 0 Å². The van der Waals surface area contributed by atoms with Crippen molar-refractivity contribution in [2.75, 3.05) is 21.1 Å². The van der Waals surface area contributed by atoms with E-state index < -0.39 is 0 Å². The summed E-state index contributed by atoms with van der Waals surface area (Å²) >= 11 is 0. The average Bonchev–Trinajstić information content (AvgIpc) is 3.07. The average molecular weight is 497 g/mol. The molecule has 1 aromatic carbocycles. The Hall–Kier alpha value is -1.34. The number of benzene rings is 1. The van der Waals surface area contributed by atoms with E-state index in [2.05, 4.69) is 21.1 Å². The number of nitrogens with zero attached hydrogens (tertiary/aromatic N) is 1. The largest absolute Gasteiger partial charge is 1.00 e. The van der Waals surface area contributed by atoms with Crippen molar-refractivity contribution in [2.45, 2.75) is 51.2 Å². The molecule has 1 saturated carbocycles. The van der Waals surface area contributed by atoms with Crippen LogP contribution in [0.1, 0.15) is 55.1 Å². The third kappa shape index (κ3) is 6.62. The van der Waals surface area contributed by atoms with E-state index in [9.17, 15) is 4.79 Å². The lowest BCUT2D eigenvalue weighted by Crippen LogP contribution is -3.00. The van der Waals surface area contributed by atoms with Gasteiger partial charge in [-0.25, -0.2) is 0 Å². The second kappa shape index (κ2) is 10.4. The van der Waals surface area contributed by atoms with Crippen LogP contribution in [0.2, 0.25) is 0 Å². The number of hydrogen-bond acceptors (Lipinski definition) is 3. The summed E-state index contributed by atoms with van der Waals surface area (Å²) in [7, 11) is 6.37.